The van der Waals surface area contributed by atoms with Crippen LogP contribution >= 0.6 is 23.4 Å². The zero-order valence-electron chi connectivity index (χ0n) is 18.9. The molecule has 0 saturated carbocycles. The predicted molar refractivity (Wildman–Crippen MR) is 131 cm³/mol. The number of hydrogen-bond donors (Lipinski definition) is 0. The first-order valence-electron chi connectivity index (χ1n) is 10.8. The summed E-state index contributed by atoms with van der Waals surface area (Å²) in [7, 11) is 1.43. The van der Waals surface area contributed by atoms with Gasteiger partial charge in [0, 0.05) is 39.2 Å². The molecule has 0 radical (unpaired) electrons. The molecule has 1 aliphatic heterocycles. The van der Waals surface area contributed by atoms with Gasteiger partial charge in [0.15, 0.2) is 0 Å². The lowest BCUT2D eigenvalue weighted by atomic mass is 9.84. The average Bonchev–Trinajstić information content (AvgIpc) is 3.02. The summed E-state index contributed by atoms with van der Waals surface area (Å²) in [5.41, 5.74) is 5.08. The van der Waals surface area contributed by atoms with Gasteiger partial charge in [-0.25, -0.2) is 4.79 Å². The van der Waals surface area contributed by atoms with Gasteiger partial charge in [-0.2, -0.15) is 5.26 Å². The van der Waals surface area contributed by atoms with Crippen molar-refractivity contribution < 1.29 is 9.53 Å². The van der Waals surface area contributed by atoms with E-state index in [1.807, 2.05) is 36.0 Å². The van der Waals surface area contributed by atoms with Crippen LogP contribution in [0, 0.1) is 16.7 Å². The molecule has 2 aromatic carbocycles. The van der Waals surface area contributed by atoms with Crippen LogP contribution in [0.1, 0.15) is 54.4 Å². The Balaban J connectivity index is 1.96. The summed E-state index contributed by atoms with van der Waals surface area (Å²) in [5.74, 6) is -0.288. The molecule has 0 N–H and O–H groups in total. The highest BCUT2D eigenvalue weighted by molar-refractivity contribution is 8.00. The first-order valence-corrected chi connectivity index (χ1v) is 12.0. The van der Waals surface area contributed by atoms with E-state index in [1.54, 1.807) is 0 Å². The number of nitriles is 1. The number of halogens is 1. The maximum absolute atomic E-state index is 12.5. The fourth-order valence-corrected chi connectivity index (χ4v) is 6.00. The van der Waals surface area contributed by atoms with Crippen molar-refractivity contribution in [1.29, 1.82) is 5.26 Å². The van der Waals surface area contributed by atoms with E-state index < -0.39 is 0 Å². The van der Waals surface area contributed by atoms with E-state index in [1.165, 1.54) is 17.7 Å². The minimum Gasteiger partial charge on any atom is -0.465 e. The summed E-state index contributed by atoms with van der Waals surface area (Å²) in [6.07, 6.45) is 2.09. The molecule has 6 heteroatoms. The zero-order valence-corrected chi connectivity index (χ0v) is 20.4. The topological polar surface area (TPSA) is 55.0 Å². The molecule has 0 aliphatic carbocycles. The summed E-state index contributed by atoms with van der Waals surface area (Å²) >= 11 is 7.99. The van der Waals surface area contributed by atoms with Gasteiger partial charge >= 0.3 is 5.97 Å². The number of benzene rings is 2. The van der Waals surface area contributed by atoms with E-state index in [4.69, 9.17) is 16.3 Å². The highest BCUT2D eigenvalue weighted by Crippen LogP contribution is 2.47. The van der Waals surface area contributed by atoms with Gasteiger partial charge in [-0.05, 0) is 53.6 Å². The van der Waals surface area contributed by atoms with E-state index in [9.17, 15) is 10.1 Å². The Morgan fingerprint density at radius 1 is 1.28 bits per heavy atom. The third-order valence-corrected chi connectivity index (χ3v) is 7.57. The first kappa shape index (κ1) is 22.8. The minimum atomic E-state index is -0.288. The summed E-state index contributed by atoms with van der Waals surface area (Å²) < 4.78 is 7.45. The van der Waals surface area contributed by atoms with Gasteiger partial charge in [0.1, 0.15) is 0 Å². The number of thioether (sulfide) groups is 1. The van der Waals surface area contributed by atoms with Crippen LogP contribution in [0.25, 0.3) is 10.9 Å². The van der Waals surface area contributed by atoms with Gasteiger partial charge in [-0.15, -0.1) is 11.8 Å². The molecular weight excluding hydrogens is 440 g/mol. The van der Waals surface area contributed by atoms with Crippen LogP contribution in [0.5, 0.6) is 0 Å². The standard InChI is InChI=1S/C26H27ClN2O2S/c1-16-13-20-19(25(30)31-4)9-10-21-23(20)24(32-16)22(14-26(2,3)11-12-28)29(21)15-17-5-7-18(27)8-6-17/h5-10,16H,11,13-15H2,1-4H3. The van der Waals surface area contributed by atoms with Crippen LogP contribution in [-0.2, 0) is 24.1 Å². The largest absolute Gasteiger partial charge is 0.465 e. The highest BCUT2D eigenvalue weighted by Gasteiger charge is 2.32. The minimum absolute atomic E-state index is 0.163. The zero-order chi connectivity index (χ0) is 23.0. The monoisotopic (exact) mass is 466 g/mol. The molecule has 1 atom stereocenters. The summed E-state index contributed by atoms with van der Waals surface area (Å²) in [6, 6.07) is 14.2. The number of rotatable bonds is 6. The summed E-state index contributed by atoms with van der Waals surface area (Å²) in [5, 5.41) is 11.6. The van der Waals surface area contributed by atoms with Crippen molar-refractivity contribution in [1.82, 2.24) is 4.57 Å². The molecule has 0 bridgehead atoms. The Kier molecular flexibility index (Phi) is 6.29. The quantitative estimate of drug-likeness (QED) is 0.381. The maximum Gasteiger partial charge on any atom is 0.338 e. The summed E-state index contributed by atoms with van der Waals surface area (Å²) in [6.45, 7) is 7.20. The van der Waals surface area contributed by atoms with Gasteiger partial charge in [0.25, 0.3) is 0 Å². The van der Waals surface area contributed by atoms with E-state index in [0.717, 1.165) is 39.9 Å². The lowest BCUT2D eigenvalue weighted by Crippen LogP contribution is -2.18. The van der Waals surface area contributed by atoms with Gasteiger partial charge in [0.2, 0.25) is 0 Å². The Labute approximate surface area is 198 Å². The van der Waals surface area contributed by atoms with Crippen molar-refractivity contribution >= 4 is 40.2 Å². The number of ether oxygens (including phenoxy) is 1. The Morgan fingerprint density at radius 3 is 2.66 bits per heavy atom. The molecule has 2 heterocycles. The molecule has 4 nitrogen and oxygen atoms in total. The number of carbonyl (C=O) groups is 1. The second-order valence-corrected chi connectivity index (χ2v) is 11.2. The van der Waals surface area contributed by atoms with Crippen LogP contribution in [0.3, 0.4) is 0 Å². The number of nitrogens with zero attached hydrogens (tertiary/aromatic N) is 2. The van der Waals surface area contributed by atoms with Crippen LogP contribution in [-0.4, -0.2) is 22.9 Å². The lowest BCUT2D eigenvalue weighted by Gasteiger charge is -2.25. The van der Waals surface area contributed by atoms with Gasteiger partial charge < -0.3 is 9.30 Å². The van der Waals surface area contributed by atoms with Crippen LogP contribution in [0.4, 0.5) is 0 Å². The van der Waals surface area contributed by atoms with Crippen molar-refractivity contribution in [3.8, 4) is 6.07 Å². The smallest absolute Gasteiger partial charge is 0.338 e. The maximum atomic E-state index is 12.5. The fraction of sp³-hybridized carbons (Fsp3) is 0.385. The molecule has 0 fully saturated rings. The number of hydrogen-bond acceptors (Lipinski definition) is 4. The normalized spacial score (nSPS) is 15.6. The third-order valence-electron chi connectivity index (χ3n) is 6.07. The Morgan fingerprint density at radius 2 is 2.00 bits per heavy atom. The molecule has 0 saturated heterocycles. The number of methoxy groups -OCH3 is 1. The SMILES string of the molecule is COC(=O)c1ccc2c3c1CC(C)Sc3c(CC(C)(C)CC#N)n2Cc1ccc(Cl)cc1. The van der Waals surface area contributed by atoms with Crippen LogP contribution < -0.4 is 0 Å². The van der Waals surface area contributed by atoms with Crippen molar-refractivity contribution in [2.45, 2.75) is 56.7 Å². The highest BCUT2D eigenvalue weighted by atomic mass is 35.5. The van der Waals surface area contributed by atoms with Gasteiger partial charge in [-0.1, -0.05) is 44.5 Å². The number of carbonyl (C=O) groups excluding carboxylic acids is 1. The molecule has 32 heavy (non-hydrogen) atoms. The van der Waals surface area contributed by atoms with Crippen molar-refractivity contribution in [2.75, 3.05) is 7.11 Å². The van der Waals surface area contributed by atoms with Crippen LogP contribution in [0.2, 0.25) is 5.02 Å². The lowest BCUT2D eigenvalue weighted by molar-refractivity contribution is 0.0599. The third kappa shape index (κ3) is 4.27. The molecule has 0 spiro atoms. The van der Waals surface area contributed by atoms with Crippen molar-refractivity contribution in [3.05, 3.63) is 63.8 Å². The second-order valence-electron chi connectivity index (χ2n) is 9.27. The molecule has 3 aromatic rings. The second kappa shape index (κ2) is 8.84. The first-order chi connectivity index (χ1) is 15.2. The summed E-state index contributed by atoms with van der Waals surface area (Å²) in [4.78, 5) is 13.8. The van der Waals surface area contributed by atoms with Gasteiger partial charge in [0.05, 0.1) is 24.3 Å². The predicted octanol–water partition coefficient (Wildman–Crippen LogP) is 6.65. The molecular formula is C26H27ClN2O2S. The molecule has 1 unspecified atom stereocenters. The van der Waals surface area contributed by atoms with Crippen molar-refractivity contribution in [2.24, 2.45) is 5.41 Å². The molecule has 1 aliphatic rings. The number of aromatic nitrogens is 1. The fourth-order valence-electron chi connectivity index (χ4n) is 4.55. The van der Waals surface area contributed by atoms with Crippen LogP contribution in [0.15, 0.2) is 41.3 Å². The van der Waals surface area contributed by atoms with E-state index >= 15 is 0 Å². The molecule has 166 valence electrons. The Hall–Kier alpha value is -2.42. The van der Waals surface area contributed by atoms with Crippen molar-refractivity contribution in [3.63, 3.8) is 0 Å². The number of esters is 1. The molecule has 0 amide bonds. The van der Waals surface area contributed by atoms with Gasteiger partial charge in [-0.3, -0.25) is 0 Å². The van der Waals surface area contributed by atoms with E-state index in [0.29, 0.717) is 23.8 Å². The average molecular weight is 467 g/mol. The molecule has 1 aromatic heterocycles. The Bertz CT molecular complexity index is 1220. The van der Waals surface area contributed by atoms with E-state index in [2.05, 4.69) is 43.5 Å². The molecule has 4 rings (SSSR count). The van der Waals surface area contributed by atoms with E-state index in [-0.39, 0.29) is 11.4 Å².